The van der Waals surface area contributed by atoms with Crippen LogP contribution in [0.3, 0.4) is 0 Å². The molecule has 4 N–H and O–H groups in total. The van der Waals surface area contributed by atoms with Gasteiger partial charge in [0, 0.05) is 29.7 Å². The Morgan fingerprint density at radius 1 is 1.44 bits per heavy atom. The molecule has 1 amide bonds. The van der Waals surface area contributed by atoms with Crippen molar-refractivity contribution in [3.05, 3.63) is 36.0 Å². The van der Waals surface area contributed by atoms with E-state index in [0.717, 1.165) is 15.8 Å². The van der Waals surface area contributed by atoms with E-state index in [9.17, 15) is 4.79 Å². The number of carbonyl (C=O) groups is 1. The van der Waals surface area contributed by atoms with Crippen LogP contribution in [-0.2, 0) is 0 Å². The summed E-state index contributed by atoms with van der Waals surface area (Å²) in [6.07, 6.45) is 1.77. The number of nitrogens with two attached hydrogens (primary N) is 1. The summed E-state index contributed by atoms with van der Waals surface area (Å²) in [6, 6.07) is 7.23. The average Bonchev–Trinajstić information content (AvgIpc) is 2.74. The van der Waals surface area contributed by atoms with Gasteiger partial charge in [-0.25, -0.2) is 0 Å². The highest BCUT2D eigenvalue weighted by Gasteiger charge is 2.16. The summed E-state index contributed by atoms with van der Waals surface area (Å²) in [5.74, 6) is -0.546. The predicted molar refractivity (Wildman–Crippen MR) is 62.3 cm³/mol. The lowest BCUT2D eigenvalue weighted by molar-refractivity contribution is 0.0871. The Balaban J connectivity index is 2.51. The highest BCUT2D eigenvalue weighted by atomic mass is 16.2. The molecule has 0 aliphatic rings. The number of hydrogen-bond acceptors (Lipinski definition) is 2. The fourth-order valence-corrected chi connectivity index (χ4v) is 1.56. The number of nitrogens with one attached hydrogen (secondary N) is 2. The smallest absolute Gasteiger partial charge is 0.260 e. The summed E-state index contributed by atoms with van der Waals surface area (Å²) < 4.78 is 0. The minimum absolute atomic E-state index is 0.266. The summed E-state index contributed by atoms with van der Waals surface area (Å²) in [7, 11) is 1.48. The van der Waals surface area contributed by atoms with Crippen molar-refractivity contribution in [2.75, 3.05) is 7.05 Å². The van der Waals surface area contributed by atoms with Crippen LogP contribution in [0.5, 0.6) is 0 Å². The van der Waals surface area contributed by atoms with Crippen molar-refractivity contribution in [2.45, 2.75) is 0 Å². The number of H-pyrrole nitrogens is 1. The number of rotatable bonds is 1. The number of fused-ring (bicyclic) bond motifs is 1. The fraction of sp³-hybridized carbons (Fsp3) is 0.0909. The van der Waals surface area contributed by atoms with Crippen molar-refractivity contribution in [1.82, 2.24) is 9.88 Å². The van der Waals surface area contributed by atoms with Gasteiger partial charge in [-0.3, -0.25) is 15.1 Å². The third-order valence-electron chi connectivity index (χ3n) is 2.49. The molecule has 0 aliphatic heterocycles. The molecule has 0 spiro atoms. The highest BCUT2D eigenvalue weighted by molar-refractivity contribution is 6.11. The Kier molecular flexibility index (Phi) is 2.36. The van der Waals surface area contributed by atoms with Crippen molar-refractivity contribution in [3.8, 4) is 0 Å². The van der Waals surface area contributed by atoms with E-state index in [1.165, 1.54) is 7.05 Å². The van der Waals surface area contributed by atoms with Gasteiger partial charge in [0.2, 0.25) is 0 Å². The van der Waals surface area contributed by atoms with Gasteiger partial charge in [0.15, 0.2) is 5.96 Å². The second-order valence-corrected chi connectivity index (χ2v) is 3.49. The van der Waals surface area contributed by atoms with E-state index in [0.29, 0.717) is 5.56 Å². The van der Waals surface area contributed by atoms with Crippen LogP contribution in [0.1, 0.15) is 10.4 Å². The zero-order valence-corrected chi connectivity index (χ0v) is 8.82. The predicted octanol–water partition coefficient (Wildman–Crippen LogP) is 1.13. The van der Waals surface area contributed by atoms with Crippen LogP contribution in [0.2, 0.25) is 0 Å². The summed E-state index contributed by atoms with van der Waals surface area (Å²) in [5, 5.41) is 8.06. The minimum atomic E-state index is -0.280. The van der Waals surface area contributed by atoms with E-state index >= 15 is 0 Å². The van der Waals surface area contributed by atoms with Gasteiger partial charge in [-0.05, 0) is 18.2 Å². The molecular weight excluding hydrogens is 204 g/mol. The van der Waals surface area contributed by atoms with E-state index in [-0.39, 0.29) is 11.9 Å². The third kappa shape index (κ3) is 1.52. The lowest BCUT2D eigenvalue weighted by Gasteiger charge is -2.14. The average molecular weight is 216 g/mol. The number of aromatic nitrogens is 1. The number of nitrogens with zero attached hydrogens (tertiary/aromatic N) is 1. The summed E-state index contributed by atoms with van der Waals surface area (Å²) >= 11 is 0. The molecule has 2 rings (SSSR count). The number of guanidine groups is 1. The van der Waals surface area contributed by atoms with E-state index < -0.39 is 0 Å². The number of hydrogen-bond donors (Lipinski definition) is 3. The molecule has 0 saturated heterocycles. The van der Waals surface area contributed by atoms with E-state index in [1.54, 1.807) is 18.3 Å². The second-order valence-electron chi connectivity index (χ2n) is 3.49. The summed E-state index contributed by atoms with van der Waals surface area (Å²) in [5.41, 5.74) is 6.70. The zero-order chi connectivity index (χ0) is 11.7. The molecule has 1 aromatic heterocycles. The van der Waals surface area contributed by atoms with Crippen LogP contribution < -0.4 is 5.73 Å². The van der Waals surface area contributed by atoms with Gasteiger partial charge >= 0.3 is 0 Å². The van der Waals surface area contributed by atoms with Crippen LogP contribution in [0.4, 0.5) is 0 Å². The molecule has 0 bridgehead atoms. The van der Waals surface area contributed by atoms with Crippen LogP contribution in [0.25, 0.3) is 10.9 Å². The zero-order valence-electron chi connectivity index (χ0n) is 8.82. The number of benzene rings is 1. The molecule has 5 nitrogen and oxygen atoms in total. The van der Waals surface area contributed by atoms with Crippen molar-refractivity contribution in [3.63, 3.8) is 0 Å². The molecule has 0 radical (unpaired) electrons. The number of amides is 1. The van der Waals surface area contributed by atoms with Crippen molar-refractivity contribution in [2.24, 2.45) is 5.73 Å². The Labute approximate surface area is 92.4 Å². The van der Waals surface area contributed by atoms with Crippen LogP contribution in [0, 0.1) is 5.41 Å². The Morgan fingerprint density at radius 2 is 2.19 bits per heavy atom. The van der Waals surface area contributed by atoms with Crippen molar-refractivity contribution in [1.29, 1.82) is 5.41 Å². The van der Waals surface area contributed by atoms with Crippen LogP contribution in [-0.4, -0.2) is 28.8 Å². The molecule has 2 aromatic rings. The first-order chi connectivity index (χ1) is 7.61. The molecule has 0 unspecified atom stereocenters. The largest absolute Gasteiger partial charge is 0.370 e. The first-order valence-electron chi connectivity index (χ1n) is 4.79. The molecule has 1 heterocycles. The molecular formula is C11H12N4O. The molecule has 1 aromatic carbocycles. The molecule has 16 heavy (non-hydrogen) atoms. The topological polar surface area (TPSA) is 86.0 Å². The third-order valence-corrected chi connectivity index (χ3v) is 2.49. The fourth-order valence-electron chi connectivity index (χ4n) is 1.56. The lowest BCUT2D eigenvalue weighted by atomic mass is 10.1. The van der Waals surface area contributed by atoms with Crippen molar-refractivity contribution >= 4 is 22.8 Å². The Bertz CT molecular complexity index is 558. The van der Waals surface area contributed by atoms with E-state index in [2.05, 4.69) is 4.98 Å². The standard InChI is InChI=1S/C11H12N4O/c1-15(11(12)13)10(16)8-3-2-4-9-7(8)5-6-14-9/h2-6,14H,1H3,(H3,12,13). The monoisotopic (exact) mass is 216 g/mol. The quantitative estimate of drug-likeness (QED) is 0.493. The van der Waals surface area contributed by atoms with Gasteiger partial charge < -0.3 is 10.7 Å². The second kappa shape index (κ2) is 3.69. The molecule has 0 fully saturated rings. The lowest BCUT2D eigenvalue weighted by Crippen LogP contribution is -2.37. The first-order valence-corrected chi connectivity index (χ1v) is 4.79. The normalized spacial score (nSPS) is 10.3. The maximum atomic E-state index is 12.0. The van der Waals surface area contributed by atoms with Crippen LogP contribution >= 0.6 is 0 Å². The number of aromatic amines is 1. The maximum Gasteiger partial charge on any atom is 0.260 e. The molecule has 0 saturated carbocycles. The minimum Gasteiger partial charge on any atom is -0.370 e. The molecule has 0 atom stereocenters. The van der Waals surface area contributed by atoms with Gasteiger partial charge in [-0.2, -0.15) is 0 Å². The van der Waals surface area contributed by atoms with Crippen LogP contribution in [0.15, 0.2) is 30.5 Å². The summed E-state index contributed by atoms with van der Waals surface area (Å²) in [4.78, 5) is 16.1. The molecule has 82 valence electrons. The Morgan fingerprint density at radius 3 is 2.88 bits per heavy atom. The first kappa shape index (κ1) is 10.2. The molecule has 0 aliphatic carbocycles. The molecule has 5 heteroatoms. The van der Waals surface area contributed by atoms with Gasteiger partial charge in [-0.15, -0.1) is 0 Å². The van der Waals surface area contributed by atoms with Gasteiger partial charge in [0.25, 0.3) is 5.91 Å². The van der Waals surface area contributed by atoms with Gasteiger partial charge in [0.05, 0.1) is 0 Å². The van der Waals surface area contributed by atoms with Crippen molar-refractivity contribution < 1.29 is 4.79 Å². The van der Waals surface area contributed by atoms with E-state index in [1.807, 2.05) is 12.1 Å². The SMILES string of the molecule is CN(C(=N)N)C(=O)c1cccc2[nH]ccc12. The maximum absolute atomic E-state index is 12.0. The van der Waals surface area contributed by atoms with E-state index in [4.69, 9.17) is 11.1 Å². The number of carbonyl (C=O) groups excluding carboxylic acids is 1. The van der Waals surface area contributed by atoms with Gasteiger partial charge in [-0.1, -0.05) is 6.07 Å². The summed E-state index contributed by atoms with van der Waals surface area (Å²) in [6.45, 7) is 0. The highest BCUT2D eigenvalue weighted by Crippen LogP contribution is 2.18. The van der Waals surface area contributed by atoms with Gasteiger partial charge in [0.1, 0.15) is 0 Å². The Hall–Kier alpha value is -2.30.